The second-order valence-electron chi connectivity index (χ2n) is 13.3. The first-order valence-electron chi connectivity index (χ1n) is 16.4. The fourth-order valence-corrected chi connectivity index (χ4v) is 8.05. The second kappa shape index (κ2) is 11.1. The lowest BCUT2D eigenvalue weighted by Gasteiger charge is -2.19. The molecule has 8 bridgehead atoms. The largest absolute Gasteiger partial charge is 0.535 e. The quantitative estimate of drug-likeness (QED) is 0.168. The van der Waals surface area contributed by atoms with Gasteiger partial charge in [0, 0.05) is 79.3 Å². The van der Waals surface area contributed by atoms with Gasteiger partial charge in [-0.05, 0) is 74.5 Å². The van der Waals surface area contributed by atoms with E-state index in [0.717, 1.165) is 56.6 Å². The number of carbonyl (C=O) groups excluding carboxylic acids is 3. The molecular weight excluding hydrogens is 580 g/mol. The van der Waals surface area contributed by atoms with E-state index in [1.165, 1.54) is 12.7 Å². The standard InChI is InChI=1S/C37H42N4O5/c1-8-21-17(3)24-14-26-19(5)23(10-11-30(42)45-7)34(40-26)32-33(37(44)46-12-13-46)36(43)31-20(6)27(41-35(31)32)16-29-22(9-2)18(4)25(39-29)15-28(21)38-24/h8,14-16,19,22-23,26,33,38-39H,1,9-13H2,2-7H3,(H-,40,41,43)/p+1/b24-14-,28-15-,29-16-/t19-,22?,23-,26?,33+/m0/s1. The first-order valence-corrected chi connectivity index (χ1v) is 16.4. The number of methoxy groups -OCH3 is 1. The number of aromatic nitrogens is 2. The zero-order valence-corrected chi connectivity index (χ0v) is 27.5. The molecule has 5 atom stereocenters. The molecule has 0 saturated carbocycles. The number of ketones is 1. The van der Waals surface area contributed by atoms with Crippen LogP contribution in [0.4, 0.5) is 0 Å². The van der Waals surface area contributed by atoms with E-state index in [2.05, 4.69) is 77.5 Å². The Morgan fingerprint density at radius 3 is 2.54 bits per heavy atom. The molecule has 2 aromatic heterocycles. The third-order valence-electron chi connectivity index (χ3n) is 10.9. The molecule has 0 radical (unpaired) electrons. The smallest absolute Gasteiger partial charge is 0.534 e. The van der Waals surface area contributed by atoms with E-state index in [-0.39, 0.29) is 47.9 Å². The van der Waals surface area contributed by atoms with Crippen LogP contribution in [0.1, 0.15) is 78.5 Å². The molecule has 2 fully saturated rings. The number of carbonyl (C=O) groups is 3. The van der Waals surface area contributed by atoms with Gasteiger partial charge >= 0.3 is 11.9 Å². The van der Waals surface area contributed by atoms with Crippen LogP contribution in [0.2, 0.25) is 0 Å². The summed E-state index contributed by atoms with van der Waals surface area (Å²) in [7, 11) is 1.40. The first-order chi connectivity index (χ1) is 22.1. The third-order valence-corrected chi connectivity index (χ3v) is 10.9. The normalized spacial score (nSPS) is 30.1. The van der Waals surface area contributed by atoms with Gasteiger partial charge in [-0.2, -0.15) is 0 Å². The molecule has 7 rings (SSSR count). The molecule has 1 aliphatic carbocycles. The summed E-state index contributed by atoms with van der Waals surface area (Å²) >= 11 is 0. The minimum Gasteiger partial charge on any atom is -0.535 e. The summed E-state index contributed by atoms with van der Waals surface area (Å²) in [4.78, 5) is 47.8. The maximum absolute atomic E-state index is 14.3. The summed E-state index contributed by atoms with van der Waals surface area (Å²) < 4.78 is 7.67. The van der Waals surface area contributed by atoms with Crippen LogP contribution < -0.4 is 21.3 Å². The first kappa shape index (κ1) is 30.1. The predicted molar refractivity (Wildman–Crippen MR) is 178 cm³/mol. The highest BCUT2D eigenvalue weighted by atomic mass is 16.8. The Labute approximate surface area is 268 Å². The number of rotatable bonds is 6. The summed E-state index contributed by atoms with van der Waals surface area (Å²) in [6.07, 6.45) is 10.1. The molecule has 2 unspecified atom stereocenters. The van der Waals surface area contributed by atoms with E-state index < -0.39 is 5.92 Å². The highest BCUT2D eigenvalue weighted by Crippen LogP contribution is 2.48. The molecule has 0 spiro atoms. The van der Waals surface area contributed by atoms with Crippen molar-refractivity contribution in [3.05, 3.63) is 73.6 Å². The van der Waals surface area contributed by atoms with Crippen LogP contribution in [0.3, 0.4) is 0 Å². The lowest BCUT2D eigenvalue weighted by atomic mass is 9.83. The topological polar surface area (TPSA) is 119 Å². The summed E-state index contributed by atoms with van der Waals surface area (Å²) in [6, 6.07) is -0.123. The van der Waals surface area contributed by atoms with E-state index >= 15 is 0 Å². The number of Topliss-reactive ketones (excluding diaryl/α,β-unsaturated/α-hetero) is 1. The van der Waals surface area contributed by atoms with Gasteiger partial charge in [-0.3, -0.25) is 9.59 Å². The molecule has 9 heteroatoms. The zero-order chi connectivity index (χ0) is 32.6. The predicted octanol–water partition coefficient (Wildman–Crippen LogP) is 3.92. The number of ether oxygens (including phenoxy) is 1. The number of hydrogen-bond donors (Lipinski definition) is 4. The molecular formula is C37H43N4O5+. The number of allylic oxidation sites excluding steroid dienone is 3. The average molecular weight is 624 g/mol. The number of fused-ring (bicyclic) bond motifs is 7. The molecule has 2 aromatic rings. The van der Waals surface area contributed by atoms with Crippen molar-refractivity contribution in [3.63, 3.8) is 0 Å². The summed E-state index contributed by atoms with van der Waals surface area (Å²) in [5.74, 6) is -1.51. The van der Waals surface area contributed by atoms with Crippen LogP contribution in [0, 0.1) is 37.5 Å². The SMILES string of the molecule is C=Cc1c(C)/c2[nH]/c1=C\C1=C(C)C(CC)/C(=C/c3[nH]c4c(c3C)C(=O)[C@H](C(=O)[O+]3CC3)/C4=C3/NC(\C=2)[C@@H](C)[C@@H]3CCC(=O)OC)N1. The lowest BCUT2D eigenvalue weighted by Crippen LogP contribution is -2.28. The van der Waals surface area contributed by atoms with E-state index in [1.807, 2.05) is 13.0 Å². The van der Waals surface area contributed by atoms with Gasteiger partial charge < -0.3 is 29.7 Å². The lowest BCUT2D eigenvalue weighted by molar-refractivity contribution is -0.151. The Bertz CT molecular complexity index is 1930. The minimum atomic E-state index is -0.952. The number of aromatic amines is 2. The fourth-order valence-electron chi connectivity index (χ4n) is 8.05. The molecule has 46 heavy (non-hydrogen) atoms. The van der Waals surface area contributed by atoms with Gasteiger partial charge in [-0.1, -0.05) is 26.5 Å². The van der Waals surface area contributed by atoms with Gasteiger partial charge in [0.15, 0.2) is 19.0 Å². The molecule has 6 heterocycles. The van der Waals surface area contributed by atoms with E-state index in [4.69, 9.17) is 4.74 Å². The van der Waals surface area contributed by atoms with Gasteiger partial charge in [-0.15, -0.1) is 0 Å². The highest BCUT2D eigenvalue weighted by molar-refractivity contribution is 6.24. The summed E-state index contributed by atoms with van der Waals surface area (Å²) in [5, 5.41) is 9.44. The molecule has 4 N–H and O–H groups in total. The number of hydrogen-bond acceptors (Lipinski definition) is 6. The van der Waals surface area contributed by atoms with Crippen LogP contribution in [-0.2, 0) is 18.7 Å². The molecule has 5 aliphatic rings. The van der Waals surface area contributed by atoms with Crippen molar-refractivity contribution >= 4 is 47.6 Å². The average Bonchev–Trinajstić information content (AvgIpc) is 3.49. The number of epoxide rings is 1. The zero-order valence-electron chi connectivity index (χ0n) is 27.5. The fraction of sp³-hybridized carbons (Fsp3) is 0.432. The number of esters is 1. The van der Waals surface area contributed by atoms with Crippen LogP contribution in [0.15, 0.2) is 29.2 Å². The highest BCUT2D eigenvalue weighted by Gasteiger charge is 2.55. The van der Waals surface area contributed by atoms with Gasteiger partial charge in [0.05, 0.1) is 12.8 Å². The Morgan fingerprint density at radius 2 is 1.87 bits per heavy atom. The van der Waals surface area contributed by atoms with Gasteiger partial charge in [0.2, 0.25) is 5.92 Å². The molecule has 4 aliphatic heterocycles. The van der Waals surface area contributed by atoms with Crippen LogP contribution >= 0.6 is 0 Å². The molecule has 240 valence electrons. The third kappa shape index (κ3) is 4.54. The van der Waals surface area contributed by atoms with E-state index in [0.29, 0.717) is 36.5 Å². The number of H-pyrrole nitrogens is 2. The molecule has 0 amide bonds. The Morgan fingerprint density at radius 1 is 1.11 bits per heavy atom. The maximum atomic E-state index is 14.3. The second-order valence-corrected chi connectivity index (χ2v) is 13.3. The van der Waals surface area contributed by atoms with Gasteiger partial charge in [0.25, 0.3) is 0 Å². The van der Waals surface area contributed by atoms with Crippen molar-refractivity contribution in [2.45, 2.75) is 59.9 Å². The van der Waals surface area contributed by atoms with E-state index in [1.54, 1.807) is 0 Å². The molecule has 0 aromatic carbocycles. The molecule has 9 nitrogen and oxygen atoms in total. The Hall–Kier alpha value is -4.53. The molecule has 2 saturated heterocycles. The van der Waals surface area contributed by atoms with Crippen molar-refractivity contribution in [2.24, 2.45) is 23.7 Å². The van der Waals surface area contributed by atoms with E-state index in [9.17, 15) is 14.4 Å². The number of nitrogens with one attached hydrogen (secondary N) is 4. The maximum Gasteiger partial charge on any atom is 0.534 e. The van der Waals surface area contributed by atoms with Gasteiger partial charge in [-0.25, -0.2) is 0 Å². The summed E-state index contributed by atoms with van der Waals surface area (Å²) in [5.41, 5.74) is 10.0. The van der Waals surface area contributed by atoms with Crippen LogP contribution in [-0.4, -0.2) is 54.1 Å². The monoisotopic (exact) mass is 623 g/mol. The minimum absolute atomic E-state index is 0.0551. The Kier molecular flexibility index (Phi) is 7.25. The van der Waals surface area contributed by atoms with Crippen molar-refractivity contribution in [3.8, 4) is 0 Å². The Balaban J connectivity index is 1.52. The van der Waals surface area contributed by atoms with Crippen molar-refractivity contribution in [2.75, 3.05) is 20.3 Å². The van der Waals surface area contributed by atoms with Crippen molar-refractivity contribution < 1.29 is 23.5 Å². The van der Waals surface area contributed by atoms with Gasteiger partial charge in [0.1, 0.15) is 0 Å². The van der Waals surface area contributed by atoms with Crippen molar-refractivity contribution in [1.82, 2.24) is 20.6 Å². The summed E-state index contributed by atoms with van der Waals surface area (Å²) in [6.45, 7) is 15.9. The van der Waals surface area contributed by atoms with Crippen molar-refractivity contribution in [1.29, 1.82) is 0 Å². The van der Waals surface area contributed by atoms with Crippen LogP contribution in [0.25, 0.3) is 29.9 Å². The van der Waals surface area contributed by atoms with Crippen LogP contribution in [0.5, 0.6) is 0 Å².